The molecule has 0 aromatic heterocycles. The van der Waals surface area contributed by atoms with Gasteiger partial charge in [0.1, 0.15) is 5.75 Å². The summed E-state index contributed by atoms with van der Waals surface area (Å²) in [5, 5.41) is 19.1. The third kappa shape index (κ3) is 2.63. The van der Waals surface area contributed by atoms with Gasteiger partial charge in [0.15, 0.2) is 0 Å². The summed E-state index contributed by atoms with van der Waals surface area (Å²) in [5.41, 5.74) is 1.95. The summed E-state index contributed by atoms with van der Waals surface area (Å²) in [6.07, 6.45) is -0.200. The molecule has 0 fully saturated rings. The van der Waals surface area contributed by atoms with E-state index in [0.29, 0.717) is 10.6 Å². The van der Waals surface area contributed by atoms with Crippen molar-refractivity contribution in [3.8, 4) is 16.9 Å². The standard InChI is InChI=1S/C14H11ClO3/c15-12-4-2-1-3-11(12)9-5-6-10(8-14(17)18)13(16)7-9/h1-7,16H,8H2,(H,17,18). The van der Waals surface area contributed by atoms with Crippen LogP contribution in [0.2, 0.25) is 5.02 Å². The van der Waals surface area contributed by atoms with E-state index in [4.69, 9.17) is 16.7 Å². The molecule has 4 heteroatoms. The summed E-state index contributed by atoms with van der Waals surface area (Å²) in [7, 11) is 0. The van der Waals surface area contributed by atoms with Gasteiger partial charge in [-0.05, 0) is 17.7 Å². The first-order valence-corrected chi connectivity index (χ1v) is 5.74. The quantitative estimate of drug-likeness (QED) is 0.892. The van der Waals surface area contributed by atoms with Crippen molar-refractivity contribution in [3.05, 3.63) is 53.1 Å². The molecular formula is C14H11ClO3. The summed E-state index contributed by atoms with van der Waals surface area (Å²) in [5.74, 6) is -1.01. The number of carboxylic acids is 1. The van der Waals surface area contributed by atoms with Gasteiger partial charge in [-0.15, -0.1) is 0 Å². The molecule has 2 aromatic carbocycles. The fraction of sp³-hybridized carbons (Fsp3) is 0.0714. The molecule has 0 radical (unpaired) electrons. The Hall–Kier alpha value is -2.00. The van der Waals surface area contributed by atoms with Crippen LogP contribution < -0.4 is 0 Å². The molecule has 2 rings (SSSR count). The third-order valence-electron chi connectivity index (χ3n) is 2.61. The molecule has 3 nitrogen and oxygen atoms in total. The van der Waals surface area contributed by atoms with Crippen LogP contribution in [-0.2, 0) is 11.2 Å². The smallest absolute Gasteiger partial charge is 0.307 e. The second kappa shape index (κ2) is 5.10. The van der Waals surface area contributed by atoms with E-state index < -0.39 is 5.97 Å². The van der Waals surface area contributed by atoms with Crippen LogP contribution in [0.25, 0.3) is 11.1 Å². The maximum Gasteiger partial charge on any atom is 0.307 e. The minimum Gasteiger partial charge on any atom is -0.508 e. The van der Waals surface area contributed by atoms with Crippen molar-refractivity contribution in [2.45, 2.75) is 6.42 Å². The van der Waals surface area contributed by atoms with Crippen LogP contribution in [0, 0.1) is 0 Å². The summed E-state index contributed by atoms with van der Waals surface area (Å²) in [4.78, 5) is 10.6. The second-order valence-corrected chi connectivity index (χ2v) is 4.30. The minimum absolute atomic E-state index is 0.0326. The number of hydrogen-bond acceptors (Lipinski definition) is 2. The average molecular weight is 263 g/mol. The molecule has 0 bridgehead atoms. The highest BCUT2D eigenvalue weighted by atomic mass is 35.5. The normalized spacial score (nSPS) is 10.3. The van der Waals surface area contributed by atoms with Gasteiger partial charge in [-0.3, -0.25) is 4.79 Å². The number of carboxylic acid groups (broad SMARTS) is 1. The van der Waals surface area contributed by atoms with Crippen LogP contribution in [-0.4, -0.2) is 16.2 Å². The van der Waals surface area contributed by atoms with Gasteiger partial charge in [-0.1, -0.05) is 41.9 Å². The SMILES string of the molecule is O=C(O)Cc1ccc(-c2ccccc2Cl)cc1O. The molecule has 0 aliphatic rings. The van der Waals surface area contributed by atoms with Crippen LogP contribution in [0.1, 0.15) is 5.56 Å². The van der Waals surface area contributed by atoms with Gasteiger partial charge < -0.3 is 10.2 Å². The lowest BCUT2D eigenvalue weighted by atomic mass is 10.0. The van der Waals surface area contributed by atoms with Crippen LogP contribution in [0.15, 0.2) is 42.5 Å². The third-order valence-corrected chi connectivity index (χ3v) is 2.94. The van der Waals surface area contributed by atoms with Crippen molar-refractivity contribution >= 4 is 17.6 Å². The summed E-state index contributed by atoms with van der Waals surface area (Å²) in [6.45, 7) is 0. The van der Waals surface area contributed by atoms with Gasteiger partial charge in [0.2, 0.25) is 0 Å². The first kappa shape index (κ1) is 12.5. The molecule has 92 valence electrons. The molecule has 2 aromatic rings. The van der Waals surface area contributed by atoms with E-state index in [1.54, 1.807) is 18.2 Å². The van der Waals surface area contributed by atoms with Crippen molar-refractivity contribution < 1.29 is 15.0 Å². The number of benzene rings is 2. The molecule has 0 amide bonds. The number of phenolic OH excluding ortho intramolecular Hbond substituents is 1. The van der Waals surface area contributed by atoms with E-state index >= 15 is 0 Å². The maximum absolute atomic E-state index is 10.6. The number of halogens is 1. The molecular weight excluding hydrogens is 252 g/mol. The van der Waals surface area contributed by atoms with Crippen LogP contribution >= 0.6 is 11.6 Å². The number of carbonyl (C=O) groups is 1. The van der Waals surface area contributed by atoms with Crippen LogP contribution in [0.5, 0.6) is 5.75 Å². The van der Waals surface area contributed by atoms with Gasteiger partial charge in [0, 0.05) is 16.1 Å². The molecule has 0 aliphatic heterocycles. The minimum atomic E-state index is -0.976. The highest BCUT2D eigenvalue weighted by Gasteiger charge is 2.09. The molecule has 0 heterocycles. The summed E-state index contributed by atoms with van der Waals surface area (Å²) < 4.78 is 0. The Balaban J connectivity index is 2.40. The Bertz CT molecular complexity index is 593. The van der Waals surface area contributed by atoms with Gasteiger partial charge in [-0.25, -0.2) is 0 Å². The predicted molar refractivity (Wildman–Crippen MR) is 69.9 cm³/mol. The lowest BCUT2D eigenvalue weighted by Crippen LogP contribution is -2.00. The zero-order valence-electron chi connectivity index (χ0n) is 9.43. The predicted octanol–water partition coefficient (Wildman–Crippen LogP) is 3.34. The van der Waals surface area contributed by atoms with Crippen LogP contribution in [0.4, 0.5) is 0 Å². The van der Waals surface area contributed by atoms with E-state index in [1.165, 1.54) is 6.07 Å². The van der Waals surface area contributed by atoms with Crippen molar-refractivity contribution in [3.63, 3.8) is 0 Å². The fourth-order valence-electron chi connectivity index (χ4n) is 1.74. The lowest BCUT2D eigenvalue weighted by Gasteiger charge is -2.07. The Kier molecular flexibility index (Phi) is 3.53. The second-order valence-electron chi connectivity index (χ2n) is 3.89. The highest BCUT2D eigenvalue weighted by molar-refractivity contribution is 6.33. The van der Waals surface area contributed by atoms with E-state index in [2.05, 4.69) is 0 Å². The zero-order chi connectivity index (χ0) is 13.1. The number of phenols is 1. The largest absolute Gasteiger partial charge is 0.508 e. The van der Waals surface area contributed by atoms with Crippen molar-refractivity contribution in [2.24, 2.45) is 0 Å². The Labute approximate surface area is 109 Å². The van der Waals surface area contributed by atoms with E-state index in [1.807, 2.05) is 18.2 Å². The topological polar surface area (TPSA) is 57.5 Å². The van der Waals surface area contributed by atoms with Crippen molar-refractivity contribution in [1.29, 1.82) is 0 Å². The summed E-state index contributed by atoms with van der Waals surface area (Å²) >= 11 is 6.06. The number of aliphatic carboxylic acids is 1. The number of rotatable bonds is 3. The van der Waals surface area contributed by atoms with E-state index in [0.717, 1.165) is 11.1 Å². The van der Waals surface area contributed by atoms with E-state index in [-0.39, 0.29) is 12.2 Å². The molecule has 0 saturated carbocycles. The molecule has 0 aliphatic carbocycles. The Morgan fingerprint density at radius 2 is 1.89 bits per heavy atom. The highest BCUT2D eigenvalue weighted by Crippen LogP contribution is 2.31. The molecule has 2 N–H and O–H groups in total. The first-order valence-electron chi connectivity index (χ1n) is 5.36. The molecule has 0 unspecified atom stereocenters. The van der Waals surface area contributed by atoms with Gasteiger partial charge in [0.25, 0.3) is 0 Å². The van der Waals surface area contributed by atoms with Crippen molar-refractivity contribution in [1.82, 2.24) is 0 Å². The fourth-order valence-corrected chi connectivity index (χ4v) is 1.98. The number of hydrogen-bond donors (Lipinski definition) is 2. The van der Waals surface area contributed by atoms with Gasteiger partial charge in [0.05, 0.1) is 6.42 Å². The number of aromatic hydroxyl groups is 1. The molecule has 0 spiro atoms. The van der Waals surface area contributed by atoms with Gasteiger partial charge >= 0.3 is 5.97 Å². The average Bonchev–Trinajstić information content (AvgIpc) is 2.32. The molecule has 18 heavy (non-hydrogen) atoms. The molecule has 0 atom stereocenters. The first-order chi connectivity index (χ1) is 8.58. The van der Waals surface area contributed by atoms with Crippen LogP contribution in [0.3, 0.4) is 0 Å². The van der Waals surface area contributed by atoms with E-state index in [9.17, 15) is 9.90 Å². The van der Waals surface area contributed by atoms with Gasteiger partial charge in [-0.2, -0.15) is 0 Å². The Morgan fingerprint density at radius 1 is 1.17 bits per heavy atom. The Morgan fingerprint density at radius 3 is 2.50 bits per heavy atom. The lowest BCUT2D eigenvalue weighted by molar-refractivity contribution is -0.136. The molecule has 0 saturated heterocycles. The summed E-state index contributed by atoms with van der Waals surface area (Å²) in [6, 6.07) is 12.2. The van der Waals surface area contributed by atoms with Crippen molar-refractivity contribution in [2.75, 3.05) is 0 Å². The monoisotopic (exact) mass is 262 g/mol. The maximum atomic E-state index is 10.6. The zero-order valence-corrected chi connectivity index (χ0v) is 10.2.